The summed E-state index contributed by atoms with van der Waals surface area (Å²) in [5.41, 5.74) is 0.856. The zero-order valence-corrected chi connectivity index (χ0v) is 10.5. The van der Waals surface area contributed by atoms with E-state index in [-0.39, 0.29) is 11.3 Å². The van der Waals surface area contributed by atoms with E-state index in [0.29, 0.717) is 0 Å². The molecule has 2 saturated carbocycles. The van der Waals surface area contributed by atoms with E-state index >= 15 is 0 Å². The predicted octanol–water partition coefficient (Wildman–Crippen LogP) is 2.90. The molecule has 0 saturated heterocycles. The minimum atomic E-state index is -0.251. The van der Waals surface area contributed by atoms with E-state index in [2.05, 4.69) is 5.32 Å². The number of carbonyl (C=O) groups is 1. The molecule has 1 N–H and O–H groups in total. The average molecular weight is 250 g/mol. The van der Waals surface area contributed by atoms with E-state index in [4.69, 9.17) is 11.6 Å². The van der Waals surface area contributed by atoms with Gasteiger partial charge in [0.05, 0.1) is 5.41 Å². The summed E-state index contributed by atoms with van der Waals surface area (Å²) in [4.78, 5) is 12.2. The molecular formula is C14H16ClNO. The second kappa shape index (κ2) is 4.02. The van der Waals surface area contributed by atoms with Crippen molar-refractivity contribution in [3.63, 3.8) is 0 Å². The van der Waals surface area contributed by atoms with Gasteiger partial charge in [0.15, 0.2) is 0 Å². The molecule has 1 aromatic rings. The van der Waals surface area contributed by atoms with E-state index in [0.717, 1.165) is 35.9 Å². The number of benzene rings is 1. The maximum absolute atomic E-state index is 12.2. The first-order valence-corrected chi connectivity index (χ1v) is 6.63. The number of carbonyl (C=O) groups excluding carboxylic acids is 1. The molecule has 0 spiro atoms. The number of nitrogens with one attached hydrogen (secondary N) is 1. The van der Waals surface area contributed by atoms with Crippen LogP contribution in [0, 0.1) is 5.92 Å². The quantitative estimate of drug-likeness (QED) is 0.874. The lowest BCUT2D eigenvalue weighted by Crippen LogP contribution is -2.35. The maximum Gasteiger partial charge on any atom is 0.230 e. The van der Waals surface area contributed by atoms with Gasteiger partial charge in [-0.05, 0) is 49.3 Å². The Morgan fingerprint density at radius 1 is 1.29 bits per heavy atom. The van der Waals surface area contributed by atoms with Gasteiger partial charge >= 0.3 is 0 Å². The topological polar surface area (TPSA) is 29.1 Å². The van der Waals surface area contributed by atoms with Crippen molar-refractivity contribution >= 4 is 17.5 Å². The molecule has 0 atom stereocenters. The van der Waals surface area contributed by atoms with Gasteiger partial charge in [0, 0.05) is 11.6 Å². The van der Waals surface area contributed by atoms with Crippen molar-refractivity contribution in [2.24, 2.45) is 5.92 Å². The Morgan fingerprint density at radius 3 is 2.47 bits per heavy atom. The van der Waals surface area contributed by atoms with E-state index in [1.807, 2.05) is 24.3 Å². The average Bonchev–Trinajstić information content (AvgIpc) is 3.20. The summed E-state index contributed by atoms with van der Waals surface area (Å²) in [6, 6.07) is 7.69. The fraction of sp³-hybridized carbons (Fsp3) is 0.500. The number of rotatable bonds is 4. The Balaban J connectivity index is 1.71. The highest BCUT2D eigenvalue weighted by molar-refractivity contribution is 6.30. The van der Waals surface area contributed by atoms with Crippen molar-refractivity contribution in [3.05, 3.63) is 34.9 Å². The van der Waals surface area contributed by atoms with Crippen LogP contribution in [0.25, 0.3) is 0 Å². The molecule has 0 radical (unpaired) electrons. The summed E-state index contributed by atoms with van der Waals surface area (Å²) >= 11 is 5.87. The molecule has 2 nitrogen and oxygen atoms in total. The van der Waals surface area contributed by atoms with Gasteiger partial charge in [-0.25, -0.2) is 0 Å². The maximum atomic E-state index is 12.2. The van der Waals surface area contributed by atoms with Gasteiger partial charge in [0.2, 0.25) is 5.91 Å². The van der Waals surface area contributed by atoms with Crippen molar-refractivity contribution in [1.82, 2.24) is 5.32 Å². The van der Waals surface area contributed by atoms with E-state index in [9.17, 15) is 4.79 Å². The summed E-state index contributed by atoms with van der Waals surface area (Å²) in [7, 11) is 0. The number of halogens is 1. The summed E-state index contributed by atoms with van der Waals surface area (Å²) < 4.78 is 0. The molecular weight excluding hydrogens is 234 g/mol. The molecule has 17 heavy (non-hydrogen) atoms. The van der Waals surface area contributed by atoms with Gasteiger partial charge in [-0.15, -0.1) is 0 Å². The molecule has 0 aromatic heterocycles. The molecule has 0 unspecified atom stereocenters. The molecule has 0 bridgehead atoms. The highest BCUT2D eigenvalue weighted by Gasteiger charge is 2.51. The lowest BCUT2D eigenvalue weighted by Gasteiger charge is -2.15. The third kappa shape index (κ3) is 2.19. The second-order valence-corrected chi connectivity index (χ2v) is 5.68. The predicted molar refractivity (Wildman–Crippen MR) is 68.1 cm³/mol. The zero-order chi connectivity index (χ0) is 11.9. The van der Waals surface area contributed by atoms with Gasteiger partial charge in [-0.1, -0.05) is 23.7 Å². The van der Waals surface area contributed by atoms with Gasteiger partial charge in [-0.3, -0.25) is 4.79 Å². The molecule has 2 fully saturated rings. The number of hydrogen-bond acceptors (Lipinski definition) is 1. The van der Waals surface area contributed by atoms with Crippen LogP contribution in [0.4, 0.5) is 0 Å². The van der Waals surface area contributed by atoms with Crippen molar-refractivity contribution < 1.29 is 4.79 Å². The summed E-state index contributed by atoms with van der Waals surface area (Å²) in [5.74, 6) is 0.937. The minimum absolute atomic E-state index is 0.201. The standard InChI is InChI=1S/C14H16ClNO/c15-12-5-3-11(4-6-12)14(7-8-14)13(17)16-9-10-1-2-10/h3-6,10H,1-2,7-9H2,(H,16,17). The minimum Gasteiger partial charge on any atom is -0.355 e. The van der Waals surface area contributed by atoms with Crippen LogP contribution in [0.3, 0.4) is 0 Å². The molecule has 2 aliphatic rings. The van der Waals surface area contributed by atoms with Crippen LogP contribution in [0.1, 0.15) is 31.2 Å². The first kappa shape index (κ1) is 11.1. The van der Waals surface area contributed by atoms with Crippen molar-refractivity contribution in [1.29, 1.82) is 0 Å². The van der Waals surface area contributed by atoms with E-state index in [1.165, 1.54) is 12.8 Å². The normalized spacial score (nSPS) is 21.0. The molecule has 2 aliphatic carbocycles. The highest BCUT2D eigenvalue weighted by Crippen LogP contribution is 2.48. The van der Waals surface area contributed by atoms with Crippen molar-refractivity contribution in [3.8, 4) is 0 Å². The lowest BCUT2D eigenvalue weighted by atomic mass is 9.95. The van der Waals surface area contributed by atoms with Crippen LogP contribution in [0.2, 0.25) is 5.02 Å². The third-order valence-electron chi connectivity index (χ3n) is 3.83. The first-order chi connectivity index (χ1) is 8.21. The highest BCUT2D eigenvalue weighted by atomic mass is 35.5. The molecule has 90 valence electrons. The van der Waals surface area contributed by atoms with Gasteiger partial charge < -0.3 is 5.32 Å². The Hall–Kier alpha value is -1.02. The molecule has 0 heterocycles. The molecule has 3 rings (SSSR count). The number of hydrogen-bond donors (Lipinski definition) is 1. The molecule has 1 aromatic carbocycles. The van der Waals surface area contributed by atoms with Crippen LogP contribution in [0.15, 0.2) is 24.3 Å². The Morgan fingerprint density at radius 2 is 1.94 bits per heavy atom. The monoisotopic (exact) mass is 249 g/mol. The van der Waals surface area contributed by atoms with Crippen LogP contribution < -0.4 is 5.32 Å². The SMILES string of the molecule is O=C(NCC1CC1)C1(c2ccc(Cl)cc2)CC1. The van der Waals surface area contributed by atoms with Crippen LogP contribution in [0.5, 0.6) is 0 Å². The van der Waals surface area contributed by atoms with Gasteiger partial charge in [0.1, 0.15) is 0 Å². The molecule has 0 aliphatic heterocycles. The van der Waals surface area contributed by atoms with E-state index in [1.54, 1.807) is 0 Å². The Bertz CT molecular complexity index is 432. The summed E-state index contributed by atoms with van der Waals surface area (Å²) in [5, 5.41) is 3.81. The fourth-order valence-corrected chi connectivity index (χ4v) is 2.39. The van der Waals surface area contributed by atoms with Crippen LogP contribution in [-0.4, -0.2) is 12.5 Å². The summed E-state index contributed by atoms with van der Waals surface area (Å²) in [6.45, 7) is 0.855. The lowest BCUT2D eigenvalue weighted by molar-refractivity contribution is -0.123. The van der Waals surface area contributed by atoms with Crippen molar-refractivity contribution in [2.45, 2.75) is 31.1 Å². The van der Waals surface area contributed by atoms with Crippen LogP contribution >= 0.6 is 11.6 Å². The zero-order valence-electron chi connectivity index (χ0n) is 9.71. The third-order valence-corrected chi connectivity index (χ3v) is 4.08. The van der Waals surface area contributed by atoms with Gasteiger partial charge in [-0.2, -0.15) is 0 Å². The largest absolute Gasteiger partial charge is 0.355 e. The van der Waals surface area contributed by atoms with Gasteiger partial charge in [0.25, 0.3) is 0 Å². The fourth-order valence-electron chi connectivity index (χ4n) is 2.27. The number of amides is 1. The second-order valence-electron chi connectivity index (χ2n) is 5.24. The Kier molecular flexibility index (Phi) is 2.62. The molecule has 3 heteroatoms. The molecule has 1 amide bonds. The van der Waals surface area contributed by atoms with Crippen molar-refractivity contribution in [2.75, 3.05) is 6.54 Å². The first-order valence-electron chi connectivity index (χ1n) is 6.25. The smallest absolute Gasteiger partial charge is 0.230 e. The summed E-state index contributed by atoms with van der Waals surface area (Å²) in [6.07, 6.45) is 4.47. The van der Waals surface area contributed by atoms with E-state index < -0.39 is 0 Å². The van der Waals surface area contributed by atoms with Crippen LogP contribution in [-0.2, 0) is 10.2 Å². The Labute approximate surface area is 106 Å².